The Morgan fingerprint density at radius 2 is 2.07 bits per heavy atom. The van der Waals surface area contributed by atoms with E-state index in [1.54, 1.807) is 23.9 Å². The normalized spacial score (nSPS) is 23.6. The van der Waals surface area contributed by atoms with Crippen LogP contribution >= 0.6 is 11.3 Å². The van der Waals surface area contributed by atoms with E-state index >= 15 is 0 Å². The molecule has 1 fully saturated rings. The van der Waals surface area contributed by atoms with E-state index in [9.17, 15) is 0 Å². The Morgan fingerprint density at radius 1 is 1.26 bits per heavy atom. The zero-order valence-electron chi connectivity index (χ0n) is 15.9. The fourth-order valence-corrected chi connectivity index (χ4v) is 5.24. The van der Waals surface area contributed by atoms with Crippen molar-refractivity contribution in [3.63, 3.8) is 0 Å². The fourth-order valence-electron chi connectivity index (χ4n) is 4.08. The third-order valence-corrected chi connectivity index (χ3v) is 6.67. The predicted molar refractivity (Wildman–Crippen MR) is 109 cm³/mol. The van der Waals surface area contributed by atoms with Gasteiger partial charge in [0.25, 0.3) is 0 Å². The average Bonchev–Trinajstić information content (AvgIpc) is 3.22. The molecule has 0 amide bonds. The smallest absolute Gasteiger partial charge is 0.226 e. The summed E-state index contributed by atoms with van der Waals surface area (Å²) in [6.45, 7) is 0.288. The van der Waals surface area contributed by atoms with Gasteiger partial charge >= 0.3 is 0 Å². The number of thiophene rings is 1. The van der Waals surface area contributed by atoms with E-state index in [4.69, 9.17) is 15.9 Å². The molecule has 2 aromatic rings. The summed E-state index contributed by atoms with van der Waals surface area (Å²) in [5.41, 5.74) is 2.37. The molecule has 0 atom stereocenters. The minimum atomic E-state index is 0.223. The van der Waals surface area contributed by atoms with Gasteiger partial charge in [-0.25, -0.2) is 9.97 Å². The van der Waals surface area contributed by atoms with E-state index in [0.29, 0.717) is 6.04 Å². The van der Waals surface area contributed by atoms with E-state index in [-0.39, 0.29) is 12.7 Å². The van der Waals surface area contributed by atoms with E-state index in [0.717, 1.165) is 41.8 Å². The lowest BCUT2D eigenvalue weighted by Gasteiger charge is -2.32. The highest BCUT2D eigenvalue weighted by atomic mass is 32.1. The van der Waals surface area contributed by atoms with Crippen molar-refractivity contribution in [2.45, 2.75) is 50.7 Å². The first-order valence-electron chi connectivity index (χ1n) is 9.51. The highest BCUT2D eigenvalue weighted by Gasteiger charge is 2.29. The van der Waals surface area contributed by atoms with Gasteiger partial charge in [0.15, 0.2) is 0 Å². The molecule has 5 nitrogen and oxygen atoms in total. The summed E-state index contributed by atoms with van der Waals surface area (Å²) < 4.78 is 11.9. The number of allylic oxidation sites excluding steroid dienone is 1. The van der Waals surface area contributed by atoms with Gasteiger partial charge in [0, 0.05) is 16.5 Å². The number of fused-ring (bicyclic) bond motifs is 3. The van der Waals surface area contributed by atoms with Gasteiger partial charge in [0.05, 0.1) is 11.6 Å². The monoisotopic (exact) mass is 383 g/mol. The van der Waals surface area contributed by atoms with Crippen molar-refractivity contribution < 1.29 is 9.47 Å². The van der Waals surface area contributed by atoms with Gasteiger partial charge in [-0.1, -0.05) is 5.92 Å². The Bertz CT molecular complexity index is 889. The van der Waals surface area contributed by atoms with Gasteiger partial charge in [0.1, 0.15) is 23.9 Å². The fraction of sp³-hybridized carbons (Fsp3) is 0.524. The zero-order chi connectivity index (χ0) is 18.8. The maximum Gasteiger partial charge on any atom is 0.226 e. The van der Waals surface area contributed by atoms with Crippen LogP contribution in [0.1, 0.15) is 42.5 Å². The first kappa shape index (κ1) is 18.3. The molecule has 0 radical (unpaired) electrons. The van der Waals surface area contributed by atoms with E-state index in [2.05, 4.69) is 34.9 Å². The van der Waals surface area contributed by atoms with Crippen LogP contribution in [0.3, 0.4) is 0 Å². The minimum Gasteiger partial charge on any atom is -0.488 e. The van der Waals surface area contributed by atoms with Gasteiger partial charge in [-0.2, -0.15) is 0 Å². The Labute approximate surface area is 164 Å². The average molecular weight is 384 g/mol. The molecule has 2 aliphatic rings. The van der Waals surface area contributed by atoms with Gasteiger partial charge in [0.2, 0.25) is 5.88 Å². The van der Waals surface area contributed by atoms with Gasteiger partial charge in [-0.05, 0) is 58.2 Å². The number of aryl methyl sites for hydroxylation is 1. The molecule has 0 N–H and O–H groups in total. The lowest BCUT2D eigenvalue weighted by Crippen LogP contribution is -2.35. The third kappa shape index (κ3) is 3.67. The van der Waals surface area contributed by atoms with Crippen molar-refractivity contribution in [1.82, 2.24) is 14.9 Å². The first-order valence-corrected chi connectivity index (χ1v) is 10.3. The van der Waals surface area contributed by atoms with Crippen LogP contribution in [0, 0.1) is 12.3 Å². The first-order chi connectivity index (χ1) is 13.2. The third-order valence-electron chi connectivity index (χ3n) is 5.51. The lowest BCUT2D eigenvalue weighted by molar-refractivity contribution is 0.108. The van der Waals surface area contributed by atoms with Crippen LogP contribution < -0.4 is 4.74 Å². The predicted octanol–water partition coefficient (Wildman–Crippen LogP) is 3.88. The van der Waals surface area contributed by atoms with Crippen LogP contribution in [-0.4, -0.2) is 47.7 Å². The summed E-state index contributed by atoms with van der Waals surface area (Å²) in [4.78, 5) is 13.6. The minimum absolute atomic E-state index is 0.223. The molecule has 0 spiro atoms. The van der Waals surface area contributed by atoms with Crippen LogP contribution in [0.2, 0.25) is 0 Å². The van der Waals surface area contributed by atoms with Crippen molar-refractivity contribution in [3.8, 4) is 18.2 Å². The molecule has 27 heavy (non-hydrogen) atoms. The number of ether oxygens (including phenoxy) is 2. The molecule has 0 saturated heterocycles. The number of aromatic nitrogens is 2. The molecule has 0 aromatic carbocycles. The summed E-state index contributed by atoms with van der Waals surface area (Å²) in [6, 6.07) is 0.656. The quantitative estimate of drug-likeness (QED) is 0.445. The lowest BCUT2D eigenvalue weighted by atomic mass is 9.92. The molecule has 1 saturated carbocycles. The largest absolute Gasteiger partial charge is 0.488 e. The SMILES string of the molecule is C#CCO/C=C1\CCc2sc3ncnc(OC4CCC(N(C)C)CC4)c3c21. The van der Waals surface area contributed by atoms with Gasteiger partial charge < -0.3 is 14.4 Å². The Morgan fingerprint density at radius 3 is 2.81 bits per heavy atom. The van der Waals surface area contributed by atoms with Gasteiger partial charge in [-0.15, -0.1) is 17.8 Å². The van der Waals surface area contributed by atoms with Crippen LogP contribution in [0.5, 0.6) is 5.88 Å². The molecule has 4 rings (SSSR count). The zero-order valence-corrected chi connectivity index (χ0v) is 16.7. The molecule has 0 unspecified atom stereocenters. The molecule has 6 heteroatoms. The highest BCUT2D eigenvalue weighted by Crippen LogP contribution is 2.45. The molecule has 0 bridgehead atoms. The van der Waals surface area contributed by atoms with Crippen molar-refractivity contribution >= 4 is 27.1 Å². The summed E-state index contributed by atoms with van der Waals surface area (Å²) in [6.07, 6.45) is 15.4. The second-order valence-corrected chi connectivity index (χ2v) is 8.51. The molecular formula is C21H25N3O2S. The number of rotatable bonds is 5. The Hall–Kier alpha value is -2.10. The number of hydrogen-bond donors (Lipinski definition) is 0. The van der Waals surface area contributed by atoms with Crippen molar-refractivity contribution in [2.24, 2.45) is 0 Å². The second kappa shape index (κ2) is 7.87. The summed E-state index contributed by atoms with van der Waals surface area (Å²) in [5, 5.41) is 1.04. The van der Waals surface area contributed by atoms with Crippen LogP contribution in [-0.2, 0) is 11.2 Å². The number of hydrogen-bond acceptors (Lipinski definition) is 6. The molecule has 0 aliphatic heterocycles. The highest BCUT2D eigenvalue weighted by molar-refractivity contribution is 7.19. The summed E-state index contributed by atoms with van der Waals surface area (Å²) in [7, 11) is 4.31. The Kier molecular flexibility index (Phi) is 5.33. The van der Waals surface area contributed by atoms with Crippen molar-refractivity contribution in [1.29, 1.82) is 0 Å². The van der Waals surface area contributed by atoms with E-state index in [1.807, 2.05) is 0 Å². The van der Waals surface area contributed by atoms with Crippen LogP contribution in [0.15, 0.2) is 12.6 Å². The van der Waals surface area contributed by atoms with Gasteiger partial charge in [-0.3, -0.25) is 0 Å². The van der Waals surface area contributed by atoms with E-state index in [1.165, 1.54) is 28.9 Å². The van der Waals surface area contributed by atoms with Crippen molar-refractivity contribution in [2.75, 3.05) is 20.7 Å². The molecule has 2 aromatic heterocycles. The summed E-state index contributed by atoms with van der Waals surface area (Å²) >= 11 is 1.74. The maximum absolute atomic E-state index is 6.39. The molecule has 2 heterocycles. The number of terminal acetylenes is 1. The summed E-state index contributed by atoms with van der Waals surface area (Å²) in [5.74, 6) is 3.22. The standard InChI is InChI=1S/C21H25N3O2S/c1-4-11-25-12-14-5-10-17-18(14)19-20(22-13-23-21(19)27-17)26-16-8-6-15(7-9-16)24(2)3/h1,12-13,15-16H,5-11H2,2-3H3/b14-12+. The van der Waals surface area contributed by atoms with Crippen LogP contribution in [0.25, 0.3) is 15.8 Å². The van der Waals surface area contributed by atoms with Crippen molar-refractivity contribution in [3.05, 3.63) is 23.0 Å². The molecule has 2 aliphatic carbocycles. The number of nitrogens with zero attached hydrogens (tertiary/aromatic N) is 3. The Balaban J connectivity index is 1.59. The van der Waals surface area contributed by atoms with E-state index < -0.39 is 0 Å². The topological polar surface area (TPSA) is 47.5 Å². The van der Waals surface area contributed by atoms with Crippen LogP contribution in [0.4, 0.5) is 0 Å². The maximum atomic E-state index is 6.39. The second-order valence-electron chi connectivity index (χ2n) is 7.43. The molecule has 142 valence electrons. The molecular weight excluding hydrogens is 358 g/mol.